The maximum absolute atomic E-state index is 14.2. The predicted molar refractivity (Wildman–Crippen MR) is 195 cm³/mol. The fourth-order valence-electron chi connectivity index (χ4n) is 5.14. The predicted octanol–water partition coefficient (Wildman–Crippen LogP) is 7.46. The van der Waals surface area contributed by atoms with Crippen LogP contribution in [0.5, 0.6) is 0 Å². The molecule has 0 saturated carbocycles. The summed E-state index contributed by atoms with van der Waals surface area (Å²) in [5.74, 6) is -2.07. The van der Waals surface area contributed by atoms with Crippen molar-refractivity contribution in [3.05, 3.63) is 59.2 Å². The normalized spacial score (nSPS) is 14.3. The summed E-state index contributed by atoms with van der Waals surface area (Å²) in [6.07, 6.45) is -6.05. The van der Waals surface area contributed by atoms with E-state index in [-0.39, 0.29) is 61.7 Å². The van der Waals surface area contributed by atoms with Crippen molar-refractivity contribution in [3.63, 3.8) is 0 Å². The minimum absolute atomic E-state index is 0.0419. The lowest BCUT2D eigenvalue weighted by Gasteiger charge is -2.37. The van der Waals surface area contributed by atoms with E-state index in [1.54, 1.807) is 60.6 Å². The average Bonchev–Trinajstić information content (AvgIpc) is 3.03. The van der Waals surface area contributed by atoms with E-state index in [9.17, 15) is 37.1 Å². The Hall–Kier alpha value is -5.15. The molecule has 2 aromatic carbocycles. The third-order valence-electron chi connectivity index (χ3n) is 7.36. The molecule has 296 valence electrons. The summed E-state index contributed by atoms with van der Waals surface area (Å²) in [4.78, 5) is 71.3. The van der Waals surface area contributed by atoms with Gasteiger partial charge >= 0.3 is 24.3 Å². The quantitative estimate of drug-likeness (QED) is 0.187. The zero-order chi connectivity index (χ0) is 40.6. The van der Waals surface area contributed by atoms with E-state index in [0.29, 0.717) is 24.1 Å². The van der Waals surface area contributed by atoms with Crippen LogP contribution in [-0.2, 0) is 36.4 Å². The van der Waals surface area contributed by atoms with E-state index >= 15 is 0 Å². The van der Waals surface area contributed by atoms with Crippen LogP contribution in [0.1, 0.15) is 96.6 Å². The number of guanidine groups is 1. The Labute approximate surface area is 313 Å². The molecule has 1 fully saturated rings. The second kappa shape index (κ2) is 17.8. The number of rotatable bonds is 10. The van der Waals surface area contributed by atoms with Crippen molar-refractivity contribution in [3.8, 4) is 0 Å². The van der Waals surface area contributed by atoms with Gasteiger partial charge in [0.05, 0.1) is 17.9 Å². The van der Waals surface area contributed by atoms with Crippen molar-refractivity contribution in [2.24, 2.45) is 10.9 Å². The summed E-state index contributed by atoms with van der Waals surface area (Å²) < 4.78 is 58.7. The van der Waals surface area contributed by atoms with Crippen molar-refractivity contribution in [1.82, 2.24) is 15.1 Å². The summed E-state index contributed by atoms with van der Waals surface area (Å²) in [7, 11) is 0. The molecule has 0 spiro atoms. The summed E-state index contributed by atoms with van der Waals surface area (Å²) in [6, 6.07) is 7.70. The highest BCUT2D eigenvalue weighted by Gasteiger charge is 2.38. The average molecular weight is 762 g/mol. The zero-order valence-electron chi connectivity index (χ0n) is 32.2. The summed E-state index contributed by atoms with van der Waals surface area (Å²) in [5.41, 5.74) is -3.02. The number of alkyl halides is 3. The Balaban J connectivity index is 1.97. The van der Waals surface area contributed by atoms with Gasteiger partial charge in [-0.25, -0.2) is 29.2 Å². The van der Waals surface area contributed by atoms with Crippen molar-refractivity contribution in [2.45, 2.75) is 105 Å². The topological polar surface area (TPSA) is 156 Å². The molecule has 1 aliphatic rings. The molecule has 2 aromatic rings. The maximum atomic E-state index is 14.2. The second-order valence-corrected chi connectivity index (χ2v) is 15.1. The third kappa shape index (κ3) is 13.4. The molecule has 1 heterocycles. The molecular weight excluding hydrogens is 711 g/mol. The lowest BCUT2D eigenvalue weighted by molar-refractivity contribution is -0.147. The smallest absolute Gasteiger partial charge is 0.417 e. The van der Waals surface area contributed by atoms with Crippen molar-refractivity contribution >= 4 is 47.3 Å². The van der Waals surface area contributed by atoms with Crippen LogP contribution >= 0.6 is 0 Å². The molecule has 2 N–H and O–H groups in total. The Morgan fingerprint density at radius 3 is 1.89 bits per heavy atom. The molecule has 0 aromatic heterocycles. The molecule has 4 amide bonds. The van der Waals surface area contributed by atoms with Gasteiger partial charge < -0.3 is 24.8 Å². The molecule has 1 unspecified atom stereocenters. The van der Waals surface area contributed by atoms with Gasteiger partial charge in [-0.1, -0.05) is 26.0 Å². The number of aliphatic imine (C=N–C) groups is 1. The standard InChI is InChI=1S/C38H50F3N5O8/c1-10-52-32(49)29(44-30(47)18-23(2)3)19-24-12-14-27(15-13-24)42-31(48)25-20-26(38(39,40)41)22-28(21-25)43-33-45(34(50)53-36(4,5)6)16-11-17-46(33)35(51)54-37(7,8)9/h12-15,20-23,29H,10-11,16-19H2,1-9H3,(H,42,48)(H,44,47). The number of carbonyl (C=O) groups is 5. The number of amides is 4. The van der Waals surface area contributed by atoms with Gasteiger partial charge in [-0.15, -0.1) is 0 Å². The summed E-state index contributed by atoms with van der Waals surface area (Å²) >= 11 is 0. The first kappa shape index (κ1) is 43.3. The number of ether oxygens (including phenoxy) is 3. The van der Waals surface area contributed by atoms with Crippen LogP contribution in [0.4, 0.5) is 34.1 Å². The molecule has 0 bridgehead atoms. The zero-order valence-corrected chi connectivity index (χ0v) is 32.2. The Morgan fingerprint density at radius 2 is 1.41 bits per heavy atom. The van der Waals surface area contributed by atoms with Crippen LogP contribution in [0, 0.1) is 5.92 Å². The number of nitrogens with zero attached hydrogens (tertiary/aromatic N) is 3. The number of hydrogen-bond acceptors (Lipinski definition) is 9. The molecule has 3 rings (SSSR count). The number of nitrogens with one attached hydrogen (secondary N) is 2. The van der Waals surface area contributed by atoms with Crippen LogP contribution in [0.15, 0.2) is 47.5 Å². The van der Waals surface area contributed by atoms with Crippen LogP contribution < -0.4 is 10.6 Å². The number of halogens is 3. The molecular formula is C38H50F3N5O8. The van der Waals surface area contributed by atoms with Gasteiger partial charge in [0.2, 0.25) is 11.9 Å². The monoisotopic (exact) mass is 761 g/mol. The van der Waals surface area contributed by atoms with E-state index < -0.39 is 58.6 Å². The first-order valence-corrected chi connectivity index (χ1v) is 17.6. The maximum Gasteiger partial charge on any atom is 0.417 e. The molecule has 16 heteroatoms. The van der Waals surface area contributed by atoms with E-state index in [0.717, 1.165) is 15.9 Å². The minimum Gasteiger partial charge on any atom is -0.464 e. The van der Waals surface area contributed by atoms with E-state index in [1.807, 2.05) is 13.8 Å². The van der Waals surface area contributed by atoms with Gasteiger partial charge in [0, 0.05) is 37.2 Å². The molecule has 1 aliphatic heterocycles. The van der Waals surface area contributed by atoms with E-state index in [1.165, 1.54) is 12.1 Å². The molecule has 54 heavy (non-hydrogen) atoms. The third-order valence-corrected chi connectivity index (χ3v) is 7.36. The van der Waals surface area contributed by atoms with Crippen LogP contribution in [0.2, 0.25) is 0 Å². The fraction of sp³-hybridized carbons (Fsp3) is 0.526. The lowest BCUT2D eigenvalue weighted by Crippen LogP contribution is -2.56. The number of esters is 1. The Bertz CT molecular complexity index is 1680. The minimum atomic E-state index is -4.89. The first-order chi connectivity index (χ1) is 25.0. The van der Waals surface area contributed by atoms with Gasteiger partial charge in [0.15, 0.2) is 0 Å². The second-order valence-electron chi connectivity index (χ2n) is 15.1. The largest absolute Gasteiger partial charge is 0.464 e. The van der Waals surface area contributed by atoms with Gasteiger partial charge in [0.25, 0.3) is 5.91 Å². The number of benzene rings is 2. The molecule has 1 atom stereocenters. The summed E-state index contributed by atoms with van der Waals surface area (Å²) in [6.45, 7) is 15.4. The SMILES string of the molecule is CCOC(=O)C(Cc1ccc(NC(=O)c2cc(N=C3N(C(=O)OC(C)(C)C)CCCN3C(=O)OC(C)(C)C)cc(C(F)(F)F)c2)cc1)NC(=O)CC(C)C. The fourth-order valence-corrected chi connectivity index (χ4v) is 5.14. The number of hydrogen-bond donors (Lipinski definition) is 2. The van der Waals surface area contributed by atoms with Crippen molar-refractivity contribution in [2.75, 3.05) is 25.0 Å². The highest BCUT2D eigenvalue weighted by Crippen LogP contribution is 2.34. The van der Waals surface area contributed by atoms with Crippen molar-refractivity contribution < 1.29 is 51.4 Å². The molecule has 1 saturated heterocycles. The number of anilines is 1. The highest BCUT2D eigenvalue weighted by molar-refractivity contribution is 6.06. The van der Waals surface area contributed by atoms with Gasteiger partial charge in [-0.3, -0.25) is 9.59 Å². The summed E-state index contributed by atoms with van der Waals surface area (Å²) in [5, 5.41) is 5.26. The van der Waals surface area contributed by atoms with Gasteiger partial charge in [0.1, 0.15) is 17.2 Å². The molecule has 13 nitrogen and oxygen atoms in total. The Kier molecular flexibility index (Phi) is 14.2. The van der Waals surface area contributed by atoms with Crippen molar-refractivity contribution in [1.29, 1.82) is 0 Å². The van der Waals surface area contributed by atoms with Gasteiger partial charge in [-0.2, -0.15) is 13.2 Å². The van der Waals surface area contributed by atoms with Crippen LogP contribution in [0.25, 0.3) is 0 Å². The highest BCUT2D eigenvalue weighted by atomic mass is 19.4. The van der Waals surface area contributed by atoms with E-state index in [2.05, 4.69) is 15.6 Å². The first-order valence-electron chi connectivity index (χ1n) is 17.6. The molecule has 0 aliphatic carbocycles. The lowest BCUT2D eigenvalue weighted by atomic mass is 10.0. The molecule has 0 radical (unpaired) electrons. The Morgan fingerprint density at radius 1 is 0.852 bits per heavy atom. The van der Waals surface area contributed by atoms with E-state index in [4.69, 9.17) is 14.2 Å². The van der Waals surface area contributed by atoms with Crippen LogP contribution in [-0.4, -0.2) is 82.7 Å². The van der Waals surface area contributed by atoms with Crippen LogP contribution in [0.3, 0.4) is 0 Å². The van der Waals surface area contributed by atoms with Gasteiger partial charge in [-0.05, 0) is 96.7 Å². The number of carbonyl (C=O) groups excluding carboxylic acids is 5.